The highest BCUT2D eigenvalue weighted by atomic mass is 16.5. The Labute approximate surface area is 110 Å². The number of carboxylic acids is 1. The van der Waals surface area contributed by atoms with Gasteiger partial charge >= 0.3 is 5.97 Å². The average Bonchev–Trinajstić information content (AvgIpc) is 2.85. The van der Waals surface area contributed by atoms with Crippen molar-refractivity contribution in [2.45, 2.75) is 19.8 Å². The van der Waals surface area contributed by atoms with E-state index in [1.807, 2.05) is 25.1 Å². The summed E-state index contributed by atoms with van der Waals surface area (Å²) < 4.78 is 10.4. The Bertz CT molecular complexity index is 589. The summed E-state index contributed by atoms with van der Waals surface area (Å²) in [6, 6.07) is 5.94. The maximum atomic E-state index is 10.7. The van der Waals surface area contributed by atoms with Crippen LogP contribution in [0.3, 0.4) is 0 Å². The molecule has 2 aromatic rings. The third-order valence-corrected chi connectivity index (χ3v) is 2.81. The number of nitrogens with zero attached hydrogens (tertiary/aromatic N) is 1. The van der Waals surface area contributed by atoms with Crippen molar-refractivity contribution in [1.82, 2.24) is 4.98 Å². The second kappa shape index (κ2) is 5.56. The number of aromatic carboxylic acids is 1. The molecule has 0 fully saturated rings. The van der Waals surface area contributed by atoms with E-state index in [0.717, 1.165) is 16.9 Å². The summed E-state index contributed by atoms with van der Waals surface area (Å²) in [5.41, 5.74) is 2.20. The molecule has 0 radical (unpaired) electrons. The van der Waals surface area contributed by atoms with Gasteiger partial charge in [-0.15, -0.1) is 0 Å². The Morgan fingerprint density at radius 2 is 2.21 bits per heavy atom. The zero-order chi connectivity index (χ0) is 13.8. The van der Waals surface area contributed by atoms with Crippen LogP contribution in [0.15, 0.2) is 28.8 Å². The predicted octanol–water partition coefficient (Wildman–Crippen LogP) is 2.48. The Balaban J connectivity index is 2.09. The van der Waals surface area contributed by atoms with Gasteiger partial charge < -0.3 is 14.3 Å². The highest BCUT2D eigenvalue weighted by molar-refractivity contribution is 5.83. The van der Waals surface area contributed by atoms with Gasteiger partial charge in [0.05, 0.1) is 13.3 Å². The van der Waals surface area contributed by atoms with E-state index in [2.05, 4.69) is 4.98 Å². The molecule has 0 aliphatic heterocycles. The van der Waals surface area contributed by atoms with Crippen molar-refractivity contribution in [2.24, 2.45) is 0 Å². The lowest BCUT2D eigenvalue weighted by Gasteiger charge is -2.08. The third-order valence-electron chi connectivity index (χ3n) is 2.81. The summed E-state index contributed by atoms with van der Waals surface area (Å²) in [4.78, 5) is 14.6. The van der Waals surface area contributed by atoms with Gasteiger partial charge in [-0.2, -0.15) is 0 Å². The van der Waals surface area contributed by atoms with E-state index < -0.39 is 5.97 Å². The molecule has 0 bridgehead atoms. The lowest BCUT2D eigenvalue weighted by Crippen LogP contribution is -1.96. The summed E-state index contributed by atoms with van der Waals surface area (Å²) in [6.07, 6.45) is 2.45. The van der Waals surface area contributed by atoms with E-state index in [9.17, 15) is 4.79 Å². The number of rotatable bonds is 5. The number of aryl methyl sites for hydroxylation is 3. The maximum Gasteiger partial charge on any atom is 0.373 e. The number of oxazole rings is 1. The molecule has 0 spiro atoms. The second-order valence-corrected chi connectivity index (χ2v) is 4.24. The van der Waals surface area contributed by atoms with E-state index in [4.69, 9.17) is 14.3 Å². The number of methoxy groups -OCH3 is 1. The minimum Gasteiger partial charge on any atom is -0.496 e. The second-order valence-electron chi connectivity index (χ2n) is 4.24. The molecule has 5 heteroatoms. The summed E-state index contributed by atoms with van der Waals surface area (Å²) in [5, 5.41) is 8.75. The van der Waals surface area contributed by atoms with Gasteiger partial charge in [-0.05, 0) is 25.0 Å². The molecular formula is C14H15NO4. The highest BCUT2D eigenvalue weighted by Gasteiger charge is 2.11. The van der Waals surface area contributed by atoms with Gasteiger partial charge in [0.25, 0.3) is 0 Å². The molecule has 0 saturated heterocycles. The highest BCUT2D eigenvalue weighted by Crippen LogP contribution is 2.21. The van der Waals surface area contributed by atoms with Gasteiger partial charge in [0.15, 0.2) is 5.89 Å². The first-order valence-corrected chi connectivity index (χ1v) is 5.91. The smallest absolute Gasteiger partial charge is 0.373 e. The van der Waals surface area contributed by atoms with Crippen LogP contribution in [0.2, 0.25) is 0 Å². The van der Waals surface area contributed by atoms with Crippen molar-refractivity contribution in [3.8, 4) is 5.75 Å². The van der Waals surface area contributed by atoms with Crippen molar-refractivity contribution < 1.29 is 19.1 Å². The molecule has 0 aliphatic rings. The van der Waals surface area contributed by atoms with E-state index in [-0.39, 0.29) is 5.76 Å². The first-order valence-electron chi connectivity index (χ1n) is 5.91. The van der Waals surface area contributed by atoms with Crippen LogP contribution in [-0.2, 0) is 12.8 Å². The van der Waals surface area contributed by atoms with Crippen LogP contribution in [0.4, 0.5) is 0 Å². The van der Waals surface area contributed by atoms with Gasteiger partial charge in [0.2, 0.25) is 5.76 Å². The van der Waals surface area contributed by atoms with Crippen LogP contribution in [-0.4, -0.2) is 23.2 Å². The van der Waals surface area contributed by atoms with Gasteiger partial charge in [-0.3, -0.25) is 0 Å². The van der Waals surface area contributed by atoms with Crippen molar-refractivity contribution in [2.75, 3.05) is 7.11 Å². The summed E-state index contributed by atoms with van der Waals surface area (Å²) in [5.74, 6) is -0.00494. The minimum absolute atomic E-state index is 0.133. The number of ether oxygens (including phenoxy) is 1. The van der Waals surface area contributed by atoms with Crippen LogP contribution in [0, 0.1) is 6.92 Å². The molecule has 0 unspecified atom stereocenters. The summed E-state index contributed by atoms with van der Waals surface area (Å²) >= 11 is 0. The van der Waals surface area contributed by atoms with Crippen molar-refractivity contribution >= 4 is 5.97 Å². The van der Waals surface area contributed by atoms with Crippen LogP contribution in [0.25, 0.3) is 0 Å². The number of carbonyl (C=O) groups is 1. The molecule has 1 aromatic heterocycles. The summed E-state index contributed by atoms with van der Waals surface area (Å²) in [6.45, 7) is 2.01. The number of aromatic nitrogens is 1. The van der Waals surface area contributed by atoms with E-state index >= 15 is 0 Å². The van der Waals surface area contributed by atoms with Crippen molar-refractivity contribution in [3.63, 3.8) is 0 Å². The van der Waals surface area contributed by atoms with Gasteiger partial charge in [-0.25, -0.2) is 9.78 Å². The maximum absolute atomic E-state index is 10.7. The van der Waals surface area contributed by atoms with Crippen molar-refractivity contribution in [1.29, 1.82) is 0 Å². The molecule has 0 amide bonds. The largest absolute Gasteiger partial charge is 0.496 e. The monoisotopic (exact) mass is 261 g/mol. The average molecular weight is 261 g/mol. The van der Waals surface area contributed by atoms with Gasteiger partial charge in [0, 0.05) is 6.42 Å². The molecular weight excluding hydrogens is 246 g/mol. The quantitative estimate of drug-likeness (QED) is 0.895. The molecule has 1 heterocycles. The number of carboxylic acid groups (broad SMARTS) is 1. The zero-order valence-electron chi connectivity index (χ0n) is 10.8. The molecule has 0 saturated carbocycles. The Morgan fingerprint density at radius 3 is 2.84 bits per heavy atom. The SMILES string of the molecule is COc1ccc(C)cc1CCc1ncc(C(=O)O)o1. The van der Waals surface area contributed by atoms with Crippen LogP contribution >= 0.6 is 0 Å². The number of benzene rings is 1. The molecule has 0 aliphatic carbocycles. The van der Waals surface area contributed by atoms with Crippen LogP contribution in [0.5, 0.6) is 5.75 Å². The topological polar surface area (TPSA) is 72.6 Å². The molecule has 100 valence electrons. The fourth-order valence-corrected chi connectivity index (χ4v) is 1.87. The lowest BCUT2D eigenvalue weighted by molar-refractivity contribution is 0.0660. The van der Waals surface area contributed by atoms with Crippen molar-refractivity contribution in [3.05, 3.63) is 47.2 Å². The Kier molecular flexibility index (Phi) is 3.85. The molecule has 1 aromatic carbocycles. The molecule has 0 atom stereocenters. The molecule has 2 rings (SSSR count). The predicted molar refractivity (Wildman–Crippen MR) is 68.6 cm³/mol. The number of hydrogen-bond donors (Lipinski definition) is 1. The lowest BCUT2D eigenvalue weighted by atomic mass is 10.1. The zero-order valence-corrected chi connectivity index (χ0v) is 10.8. The number of hydrogen-bond acceptors (Lipinski definition) is 4. The van der Waals surface area contributed by atoms with Gasteiger partial charge in [-0.1, -0.05) is 17.7 Å². The van der Waals surface area contributed by atoms with Gasteiger partial charge in [0.1, 0.15) is 5.75 Å². The Hall–Kier alpha value is -2.30. The molecule has 5 nitrogen and oxygen atoms in total. The summed E-state index contributed by atoms with van der Waals surface area (Å²) in [7, 11) is 1.63. The first-order chi connectivity index (χ1) is 9.10. The fraction of sp³-hybridized carbons (Fsp3) is 0.286. The minimum atomic E-state index is -1.10. The van der Waals surface area contributed by atoms with E-state index in [1.165, 1.54) is 6.20 Å². The normalized spacial score (nSPS) is 10.4. The van der Waals surface area contributed by atoms with E-state index in [0.29, 0.717) is 18.7 Å². The molecule has 19 heavy (non-hydrogen) atoms. The Morgan fingerprint density at radius 1 is 1.42 bits per heavy atom. The molecule has 1 N–H and O–H groups in total. The standard InChI is InChI=1S/C14H15NO4/c1-9-3-5-11(18-2)10(7-9)4-6-13-15-8-12(19-13)14(16)17/h3,5,7-8H,4,6H2,1-2H3,(H,16,17). The first kappa shape index (κ1) is 13.1. The third kappa shape index (κ3) is 3.13. The van der Waals surface area contributed by atoms with Crippen LogP contribution < -0.4 is 4.74 Å². The van der Waals surface area contributed by atoms with E-state index in [1.54, 1.807) is 7.11 Å². The fourth-order valence-electron chi connectivity index (χ4n) is 1.87. The van der Waals surface area contributed by atoms with Crippen LogP contribution in [0.1, 0.15) is 27.6 Å².